The van der Waals surface area contributed by atoms with E-state index >= 15 is 0 Å². The fourth-order valence-electron chi connectivity index (χ4n) is 8.23. The molecule has 0 rings (SSSR count). The Labute approximate surface area is 427 Å². The van der Waals surface area contributed by atoms with Gasteiger partial charge >= 0.3 is 17.9 Å². The largest absolute Gasteiger partial charge is 0.462 e. The molecule has 0 heterocycles. The van der Waals surface area contributed by atoms with Crippen molar-refractivity contribution >= 4 is 17.9 Å². The third-order valence-corrected chi connectivity index (χ3v) is 12.7. The lowest BCUT2D eigenvalue weighted by Gasteiger charge is -2.18. The van der Waals surface area contributed by atoms with Gasteiger partial charge in [-0.25, -0.2) is 0 Å². The summed E-state index contributed by atoms with van der Waals surface area (Å²) in [7, 11) is 0. The van der Waals surface area contributed by atoms with Crippen molar-refractivity contribution in [3.05, 3.63) is 72.9 Å². The minimum atomic E-state index is -0.804. The van der Waals surface area contributed by atoms with Gasteiger partial charge in [-0.2, -0.15) is 0 Å². The van der Waals surface area contributed by atoms with Gasteiger partial charge in [0, 0.05) is 19.3 Å². The summed E-state index contributed by atoms with van der Waals surface area (Å²) < 4.78 is 16.8. The van der Waals surface area contributed by atoms with Crippen LogP contribution in [-0.2, 0) is 28.6 Å². The Morgan fingerprint density at radius 2 is 0.536 bits per heavy atom. The summed E-state index contributed by atoms with van der Waals surface area (Å²) in [6.45, 7) is 6.55. The molecule has 6 nitrogen and oxygen atoms in total. The molecule has 0 aromatic carbocycles. The highest BCUT2D eigenvalue weighted by Crippen LogP contribution is 2.16. The van der Waals surface area contributed by atoms with Crippen LogP contribution in [0.25, 0.3) is 0 Å². The summed E-state index contributed by atoms with van der Waals surface area (Å²) >= 11 is 0. The Morgan fingerprint density at radius 1 is 0.290 bits per heavy atom. The molecule has 0 saturated carbocycles. The maximum absolute atomic E-state index is 12.8. The second-order valence-electron chi connectivity index (χ2n) is 19.6. The topological polar surface area (TPSA) is 78.9 Å². The number of hydrogen-bond donors (Lipinski definition) is 0. The monoisotopic (exact) mass is 963 g/mol. The van der Waals surface area contributed by atoms with Crippen LogP contribution >= 0.6 is 0 Å². The molecule has 398 valence electrons. The second kappa shape index (κ2) is 57.4. The minimum Gasteiger partial charge on any atom is -0.462 e. The van der Waals surface area contributed by atoms with Crippen LogP contribution < -0.4 is 0 Å². The number of hydrogen-bond acceptors (Lipinski definition) is 6. The average molecular weight is 964 g/mol. The second-order valence-corrected chi connectivity index (χ2v) is 19.6. The van der Waals surface area contributed by atoms with Crippen molar-refractivity contribution in [2.75, 3.05) is 13.2 Å². The first-order valence-electron chi connectivity index (χ1n) is 29.4. The van der Waals surface area contributed by atoms with Crippen LogP contribution in [0.5, 0.6) is 0 Å². The van der Waals surface area contributed by atoms with Crippen molar-refractivity contribution < 1.29 is 28.6 Å². The number of allylic oxidation sites excluding steroid dienone is 12. The molecule has 6 heteroatoms. The van der Waals surface area contributed by atoms with E-state index in [0.29, 0.717) is 19.3 Å². The third-order valence-electron chi connectivity index (χ3n) is 12.7. The number of carbonyl (C=O) groups is 3. The van der Waals surface area contributed by atoms with Crippen molar-refractivity contribution in [2.24, 2.45) is 0 Å². The van der Waals surface area contributed by atoms with Crippen LogP contribution in [0.4, 0.5) is 0 Å². The van der Waals surface area contributed by atoms with Crippen LogP contribution in [0.3, 0.4) is 0 Å². The molecule has 1 atom stereocenters. The van der Waals surface area contributed by atoms with Gasteiger partial charge in [-0.05, 0) is 89.9 Å². The quantitative estimate of drug-likeness (QED) is 0.0262. The molecule has 0 unspecified atom stereocenters. The lowest BCUT2D eigenvalue weighted by atomic mass is 10.0. The first-order valence-corrected chi connectivity index (χ1v) is 29.4. The van der Waals surface area contributed by atoms with Gasteiger partial charge in [-0.1, -0.05) is 254 Å². The van der Waals surface area contributed by atoms with Crippen LogP contribution in [0.15, 0.2) is 72.9 Å². The van der Waals surface area contributed by atoms with Gasteiger partial charge in [-0.3, -0.25) is 14.4 Å². The molecular formula is C63H110O6. The molecule has 0 N–H and O–H groups in total. The van der Waals surface area contributed by atoms with Crippen LogP contribution in [0.1, 0.15) is 290 Å². The summed E-state index contributed by atoms with van der Waals surface area (Å²) in [5.74, 6) is -0.958. The Kier molecular flexibility index (Phi) is 54.8. The van der Waals surface area contributed by atoms with Gasteiger partial charge in [0.25, 0.3) is 0 Å². The smallest absolute Gasteiger partial charge is 0.306 e. The van der Waals surface area contributed by atoms with Crippen LogP contribution in [-0.4, -0.2) is 37.2 Å². The predicted molar refractivity (Wildman–Crippen MR) is 298 cm³/mol. The molecule has 0 spiro atoms. The Balaban J connectivity index is 4.44. The van der Waals surface area contributed by atoms with Gasteiger partial charge in [0.2, 0.25) is 0 Å². The maximum atomic E-state index is 12.8. The SMILES string of the molecule is CCCCC/C=C\C/C=C\C/C=C\C/C=C\CCCC(=O)OC[C@H](COC(=O)CCCCCCCCCCCCCCCCCCCCC)OC(=O)CCCCCCC/C=C\C/C=C\CCCCC. The number of carbonyl (C=O) groups excluding carboxylic acids is 3. The lowest BCUT2D eigenvalue weighted by molar-refractivity contribution is -0.167. The van der Waals surface area contributed by atoms with Gasteiger partial charge in [0.1, 0.15) is 13.2 Å². The number of unbranched alkanes of at least 4 members (excludes halogenated alkanes) is 30. The van der Waals surface area contributed by atoms with E-state index in [9.17, 15) is 14.4 Å². The standard InChI is InChI=1S/C63H110O6/c1-4-7-10-13-16-19-22-25-28-30-31-33-36-38-41-44-47-50-53-56-62(65)68-59-60(69-63(66)57-54-51-48-45-42-39-34-27-24-21-18-15-12-9-6-3)58-67-61(64)55-52-49-46-43-40-37-35-32-29-26-23-20-17-14-11-8-5-2/h17-18,20-21,26-27,29,34-35,37,43,46,60H,4-16,19,22-25,28,30-33,36,38-42,44-45,47-59H2,1-3H3/b20-17-,21-18-,29-26-,34-27-,37-35-,46-43-/t60-/m1/s1. The highest BCUT2D eigenvalue weighted by atomic mass is 16.6. The van der Waals surface area contributed by atoms with E-state index in [1.54, 1.807) is 0 Å². The minimum absolute atomic E-state index is 0.0959. The van der Waals surface area contributed by atoms with E-state index in [2.05, 4.69) is 93.7 Å². The molecule has 0 saturated heterocycles. The molecule has 0 fully saturated rings. The molecule has 0 bridgehead atoms. The van der Waals surface area contributed by atoms with Crippen LogP contribution in [0.2, 0.25) is 0 Å². The van der Waals surface area contributed by atoms with Crippen molar-refractivity contribution in [2.45, 2.75) is 297 Å². The normalized spacial score (nSPS) is 12.6. The maximum Gasteiger partial charge on any atom is 0.306 e. The van der Waals surface area contributed by atoms with E-state index in [0.717, 1.165) is 89.9 Å². The predicted octanol–water partition coefficient (Wildman–Crippen LogP) is 19.8. The van der Waals surface area contributed by atoms with E-state index in [1.807, 2.05) is 0 Å². The zero-order chi connectivity index (χ0) is 50.0. The van der Waals surface area contributed by atoms with E-state index in [-0.39, 0.29) is 37.5 Å². The zero-order valence-electron chi connectivity index (χ0n) is 45.6. The summed E-state index contributed by atoms with van der Waals surface area (Å²) in [6, 6.07) is 0. The number of rotatable bonds is 53. The molecular weight excluding hydrogens is 853 g/mol. The molecule has 69 heavy (non-hydrogen) atoms. The molecule has 0 amide bonds. The average Bonchev–Trinajstić information content (AvgIpc) is 3.35. The van der Waals surface area contributed by atoms with Gasteiger partial charge in [0.15, 0.2) is 6.10 Å². The molecule has 0 aliphatic rings. The van der Waals surface area contributed by atoms with Gasteiger partial charge in [0.05, 0.1) is 0 Å². The molecule has 0 aromatic heterocycles. The molecule has 0 aliphatic carbocycles. The highest BCUT2D eigenvalue weighted by Gasteiger charge is 2.19. The summed E-state index contributed by atoms with van der Waals surface area (Å²) in [5.41, 5.74) is 0. The lowest BCUT2D eigenvalue weighted by Crippen LogP contribution is -2.30. The Hall–Kier alpha value is -3.15. The molecule has 0 radical (unpaired) electrons. The first kappa shape index (κ1) is 65.8. The van der Waals surface area contributed by atoms with Gasteiger partial charge in [-0.15, -0.1) is 0 Å². The van der Waals surface area contributed by atoms with Crippen molar-refractivity contribution in [1.29, 1.82) is 0 Å². The van der Waals surface area contributed by atoms with Crippen molar-refractivity contribution in [3.8, 4) is 0 Å². The third kappa shape index (κ3) is 55.6. The Bertz CT molecular complexity index is 1290. The van der Waals surface area contributed by atoms with Gasteiger partial charge < -0.3 is 14.2 Å². The summed E-state index contributed by atoms with van der Waals surface area (Å²) in [4.78, 5) is 38.2. The number of ether oxygens (including phenoxy) is 3. The van der Waals surface area contributed by atoms with E-state index in [4.69, 9.17) is 14.2 Å². The van der Waals surface area contributed by atoms with Crippen molar-refractivity contribution in [1.82, 2.24) is 0 Å². The fraction of sp³-hybridized carbons (Fsp3) is 0.762. The zero-order valence-corrected chi connectivity index (χ0v) is 45.6. The first-order chi connectivity index (χ1) is 34.0. The fourth-order valence-corrected chi connectivity index (χ4v) is 8.23. The summed E-state index contributed by atoms with van der Waals surface area (Å²) in [6.07, 6.45) is 73.3. The Morgan fingerprint density at radius 3 is 0.899 bits per heavy atom. The van der Waals surface area contributed by atoms with Crippen molar-refractivity contribution in [3.63, 3.8) is 0 Å². The number of esters is 3. The highest BCUT2D eigenvalue weighted by molar-refractivity contribution is 5.71. The molecule has 0 aliphatic heterocycles. The van der Waals surface area contributed by atoms with Crippen LogP contribution in [0, 0.1) is 0 Å². The molecule has 0 aromatic rings. The van der Waals surface area contributed by atoms with E-state index in [1.165, 1.54) is 154 Å². The van der Waals surface area contributed by atoms with E-state index < -0.39 is 6.10 Å². The summed E-state index contributed by atoms with van der Waals surface area (Å²) in [5, 5.41) is 0.